The number of halogens is 3. The number of hydrogen-bond donors (Lipinski definition) is 1. The summed E-state index contributed by atoms with van der Waals surface area (Å²) in [6, 6.07) is 3.98. The first-order chi connectivity index (χ1) is 12.6. The lowest BCUT2D eigenvalue weighted by Gasteiger charge is -2.14. The van der Waals surface area contributed by atoms with Crippen LogP contribution in [-0.4, -0.2) is 23.1 Å². The van der Waals surface area contributed by atoms with Gasteiger partial charge in [0.1, 0.15) is 5.76 Å². The molecular formula is C18H19F3N2O4. The molecule has 0 bridgehead atoms. The van der Waals surface area contributed by atoms with Crippen LogP contribution in [0.2, 0.25) is 0 Å². The van der Waals surface area contributed by atoms with Crippen LogP contribution >= 0.6 is 0 Å². The zero-order chi connectivity index (χ0) is 20.2. The molecule has 0 aliphatic heterocycles. The molecule has 2 rings (SSSR count). The Morgan fingerprint density at radius 1 is 1.22 bits per heavy atom. The van der Waals surface area contributed by atoms with Crippen molar-refractivity contribution in [3.8, 4) is 0 Å². The largest absolute Gasteiger partial charge is 0.453 e. The van der Waals surface area contributed by atoms with E-state index in [1.165, 1.54) is 6.92 Å². The Balaban J connectivity index is 1.85. The number of ether oxygens (including phenoxy) is 1. The van der Waals surface area contributed by atoms with E-state index in [1.54, 1.807) is 13.8 Å². The number of esters is 1. The third-order valence-electron chi connectivity index (χ3n) is 3.92. The average Bonchev–Trinajstić information content (AvgIpc) is 2.90. The van der Waals surface area contributed by atoms with Crippen LogP contribution in [0.3, 0.4) is 0 Å². The van der Waals surface area contributed by atoms with Crippen molar-refractivity contribution in [2.45, 2.75) is 45.9 Å². The number of benzene rings is 1. The number of nitrogens with one attached hydrogen (secondary N) is 1. The Morgan fingerprint density at radius 3 is 2.37 bits per heavy atom. The maximum atomic E-state index is 12.5. The molecule has 1 heterocycles. The fourth-order valence-corrected chi connectivity index (χ4v) is 2.38. The van der Waals surface area contributed by atoms with Crippen molar-refractivity contribution in [1.82, 2.24) is 5.16 Å². The monoisotopic (exact) mass is 384 g/mol. The van der Waals surface area contributed by atoms with Crippen molar-refractivity contribution >= 4 is 17.6 Å². The molecule has 0 fully saturated rings. The van der Waals surface area contributed by atoms with E-state index in [-0.39, 0.29) is 12.1 Å². The fraction of sp³-hybridized carbons (Fsp3) is 0.389. The van der Waals surface area contributed by atoms with Crippen molar-refractivity contribution < 1.29 is 32.0 Å². The summed E-state index contributed by atoms with van der Waals surface area (Å²) >= 11 is 0. The van der Waals surface area contributed by atoms with E-state index < -0.39 is 29.7 Å². The molecule has 0 saturated heterocycles. The van der Waals surface area contributed by atoms with Crippen LogP contribution in [-0.2, 0) is 26.9 Å². The summed E-state index contributed by atoms with van der Waals surface area (Å²) in [7, 11) is 0. The van der Waals surface area contributed by atoms with Gasteiger partial charge in [-0.25, -0.2) is 0 Å². The topological polar surface area (TPSA) is 81.4 Å². The lowest BCUT2D eigenvalue weighted by Crippen LogP contribution is -2.30. The molecular weight excluding hydrogens is 365 g/mol. The molecule has 9 heteroatoms. The van der Waals surface area contributed by atoms with Gasteiger partial charge < -0.3 is 14.6 Å². The van der Waals surface area contributed by atoms with E-state index in [0.29, 0.717) is 17.9 Å². The number of carbonyl (C=O) groups is 2. The molecule has 0 unspecified atom stereocenters. The second kappa shape index (κ2) is 8.24. The highest BCUT2D eigenvalue weighted by molar-refractivity contribution is 5.95. The summed E-state index contributed by atoms with van der Waals surface area (Å²) in [6.07, 6.45) is -5.13. The second-order valence-corrected chi connectivity index (χ2v) is 6.00. The van der Waals surface area contributed by atoms with Crippen LogP contribution in [0.15, 0.2) is 28.8 Å². The first kappa shape index (κ1) is 20.5. The maximum absolute atomic E-state index is 12.5. The van der Waals surface area contributed by atoms with E-state index in [2.05, 4.69) is 10.5 Å². The average molecular weight is 384 g/mol. The van der Waals surface area contributed by atoms with Gasteiger partial charge in [0.25, 0.3) is 5.91 Å². The molecule has 0 spiro atoms. The predicted octanol–water partition coefficient (Wildman–Crippen LogP) is 3.81. The molecule has 1 N–H and O–H groups in total. The molecule has 6 nitrogen and oxygen atoms in total. The fourth-order valence-electron chi connectivity index (χ4n) is 2.38. The molecule has 1 aromatic heterocycles. The van der Waals surface area contributed by atoms with Gasteiger partial charge in [-0.05, 0) is 51.5 Å². The molecule has 2 aromatic rings. The molecule has 1 aromatic carbocycles. The lowest BCUT2D eigenvalue weighted by atomic mass is 10.1. The van der Waals surface area contributed by atoms with Crippen LogP contribution in [0.5, 0.6) is 0 Å². The van der Waals surface area contributed by atoms with E-state index >= 15 is 0 Å². The summed E-state index contributed by atoms with van der Waals surface area (Å²) in [5, 5.41) is 6.19. The number of rotatable bonds is 6. The number of nitrogens with zero attached hydrogens (tertiary/aromatic N) is 1. The molecule has 0 radical (unpaired) electrons. The molecule has 0 aliphatic rings. The summed E-state index contributed by atoms with van der Waals surface area (Å²) in [5.74, 6) is -0.598. The smallest absolute Gasteiger partial charge is 0.416 e. The number of aromatic nitrogens is 1. The number of aryl methyl sites for hydroxylation is 2. The third-order valence-corrected chi connectivity index (χ3v) is 3.92. The van der Waals surface area contributed by atoms with Gasteiger partial charge in [0, 0.05) is 17.7 Å². The highest BCUT2D eigenvalue weighted by Gasteiger charge is 2.30. The normalized spacial score (nSPS) is 12.5. The van der Waals surface area contributed by atoms with Crippen LogP contribution in [0.25, 0.3) is 0 Å². The highest BCUT2D eigenvalue weighted by Crippen LogP contribution is 2.29. The van der Waals surface area contributed by atoms with Crippen molar-refractivity contribution in [3.63, 3.8) is 0 Å². The maximum Gasteiger partial charge on any atom is 0.416 e. The SMILES string of the molecule is Cc1noc(C)c1CCC(=O)O[C@@H](C)C(=O)Nc1ccc(C(F)(F)F)cc1. The van der Waals surface area contributed by atoms with Gasteiger partial charge in [-0.15, -0.1) is 0 Å². The standard InChI is InChI=1S/C18H19F3N2O4/c1-10-15(11(2)27-23-10)8-9-16(24)26-12(3)17(25)22-14-6-4-13(5-7-14)18(19,20)21/h4-7,12H,8-9H2,1-3H3,(H,22,25)/t12-/m0/s1. The Kier molecular flexibility index (Phi) is 6.24. The van der Waals surface area contributed by atoms with Gasteiger partial charge in [-0.1, -0.05) is 5.16 Å². The van der Waals surface area contributed by atoms with E-state index in [0.717, 1.165) is 29.8 Å². The minimum atomic E-state index is -4.45. The van der Waals surface area contributed by atoms with E-state index in [4.69, 9.17) is 9.26 Å². The minimum Gasteiger partial charge on any atom is -0.453 e. The number of hydrogen-bond acceptors (Lipinski definition) is 5. The molecule has 0 aliphatic carbocycles. The van der Waals surface area contributed by atoms with Gasteiger partial charge in [-0.2, -0.15) is 13.2 Å². The third kappa shape index (κ3) is 5.57. The highest BCUT2D eigenvalue weighted by atomic mass is 19.4. The van der Waals surface area contributed by atoms with Crippen molar-refractivity contribution in [2.75, 3.05) is 5.32 Å². The lowest BCUT2D eigenvalue weighted by molar-refractivity contribution is -0.153. The Bertz CT molecular complexity index is 794. The van der Waals surface area contributed by atoms with Gasteiger partial charge in [0.2, 0.25) is 0 Å². The van der Waals surface area contributed by atoms with Gasteiger partial charge >= 0.3 is 12.1 Å². The first-order valence-corrected chi connectivity index (χ1v) is 8.17. The van der Waals surface area contributed by atoms with Crippen molar-refractivity contribution in [2.24, 2.45) is 0 Å². The Labute approximate surface area is 153 Å². The van der Waals surface area contributed by atoms with Gasteiger partial charge in [0.05, 0.1) is 11.3 Å². The minimum absolute atomic E-state index is 0.0425. The van der Waals surface area contributed by atoms with Gasteiger partial charge in [0.15, 0.2) is 6.10 Å². The summed E-state index contributed by atoms with van der Waals surface area (Å²) in [4.78, 5) is 23.9. The summed E-state index contributed by atoms with van der Waals surface area (Å²) in [5.41, 5.74) is 0.855. The number of carbonyl (C=O) groups excluding carboxylic acids is 2. The van der Waals surface area contributed by atoms with Crippen LogP contribution in [0.1, 0.15) is 35.9 Å². The molecule has 0 saturated carbocycles. The van der Waals surface area contributed by atoms with Crippen molar-refractivity contribution in [3.05, 3.63) is 46.8 Å². The van der Waals surface area contributed by atoms with Crippen LogP contribution in [0.4, 0.5) is 18.9 Å². The molecule has 1 atom stereocenters. The zero-order valence-corrected chi connectivity index (χ0v) is 15.0. The van der Waals surface area contributed by atoms with Crippen LogP contribution < -0.4 is 5.32 Å². The summed E-state index contributed by atoms with van der Waals surface area (Å²) < 4.78 is 47.6. The van der Waals surface area contributed by atoms with Crippen molar-refractivity contribution in [1.29, 1.82) is 0 Å². The molecule has 1 amide bonds. The zero-order valence-electron chi connectivity index (χ0n) is 15.0. The number of anilines is 1. The molecule has 27 heavy (non-hydrogen) atoms. The second-order valence-electron chi connectivity index (χ2n) is 6.00. The first-order valence-electron chi connectivity index (χ1n) is 8.17. The summed E-state index contributed by atoms with van der Waals surface area (Å²) in [6.45, 7) is 4.88. The van der Waals surface area contributed by atoms with Gasteiger partial charge in [-0.3, -0.25) is 9.59 Å². The van der Waals surface area contributed by atoms with Crippen LogP contribution in [0, 0.1) is 13.8 Å². The Morgan fingerprint density at radius 2 is 1.85 bits per heavy atom. The predicted molar refractivity (Wildman–Crippen MR) is 89.9 cm³/mol. The number of alkyl halides is 3. The quantitative estimate of drug-likeness (QED) is 0.766. The number of amides is 1. The van der Waals surface area contributed by atoms with E-state index in [9.17, 15) is 22.8 Å². The Hall–Kier alpha value is -2.84. The van der Waals surface area contributed by atoms with E-state index in [1.807, 2.05) is 0 Å². The molecule has 146 valence electrons.